The van der Waals surface area contributed by atoms with Crippen LogP contribution >= 0.6 is 50.5 Å². The molecule has 0 aromatic carbocycles. The molecule has 0 aliphatic carbocycles. The molecule has 2 rings (SSSR count). The van der Waals surface area contributed by atoms with Crippen molar-refractivity contribution in [3.8, 4) is 0 Å². The van der Waals surface area contributed by atoms with Crippen LogP contribution < -0.4 is 0 Å². The lowest BCUT2D eigenvalue weighted by Gasteiger charge is -2.20. The normalized spacial score (nSPS) is 12.0. The molecule has 2 heterocycles. The van der Waals surface area contributed by atoms with Crippen molar-refractivity contribution >= 4 is 60.5 Å². The van der Waals surface area contributed by atoms with Gasteiger partial charge in [0.15, 0.2) is 0 Å². The minimum Gasteiger partial charge on any atom is -0.242 e. The van der Waals surface area contributed by atoms with Crippen LogP contribution in [0.2, 0.25) is 9.49 Å². The van der Waals surface area contributed by atoms with Gasteiger partial charge in [-0.1, -0.05) is 30.1 Å². The van der Waals surface area contributed by atoms with E-state index in [1.54, 1.807) is 13.0 Å². The molecule has 0 aliphatic rings. The van der Waals surface area contributed by atoms with E-state index >= 15 is 0 Å². The number of hydrogen-bond acceptors (Lipinski definition) is 4. The highest BCUT2D eigenvalue weighted by Crippen LogP contribution is 2.28. The number of thiophene rings is 1. The molecule has 21 heavy (non-hydrogen) atoms. The Balaban J connectivity index is 2.37. The molecule has 2 aromatic rings. The van der Waals surface area contributed by atoms with Crippen LogP contribution in [0.3, 0.4) is 0 Å². The molecular weight excluding hydrogens is 419 g/mol. The number of sulfonamides is 1. The van der Waals surface area contributed by atoms with E-state index in [1.807, 2.05) is 6.07 Å². The topological polar surface area (TPSA) is 50.3 Å². The van der Waals surface area contributed by atoms with E-state index in [0.29, 0.717) is 15.4 Å². The van der Waals surface area contributed by atoms with Crippen LogP contribution in [0.5, 0.6) is 0 Å². The molecule has 0 aliphatic heterocycles. The SMILES string of the molecule is CCN(Cc1ccc(Cl)s1)S(=O)(=O)c1cc(Br)cnc1Cl. The van der Waals surface area contributed by atoms with Crippen molar-refractivity contribution in [1.29, 1.82) is 0 Å². The molecule has 0 saturated carbocycles. The average Bonchev–Trinajstić information content (AvgIpc) is 2.84. The number of nitrogens with zero attached hydrogens (tertiary/aromatic N) is 2. The van der Waals surface area contributed by atoms with Crippen LogP contribution in [-0.2, 0) is 16.6 Å². The third-order valence-electron chi connectivity index (χ3n) is 2.71. The van der Waals surface area contributed by atoms with Crippen molar-refractivity contribution in [3.05, 3.63) is 43.2 Å². The van der Waals surface area contributed by atoms with Crippen LogP contribution in [0, 0.1) is 0 Å². The molecule has 0 unspecified atom stereocenters. The first-order chi connectivity index (χ1) is 9.84. The van der Waals surface area contributed by atoms with Gasteiger partial charge in [-0.3, -0.25) is 0 Å². The van der Waals surface area contributed by atoms with Gasteiger partial charge in [-0.2, -0.15) is 4.31 Å². The Bertz CT molecular complexity index is 749. The summed E-state index contributed by atoms with van der Waals surface area (Å²) in [5.74, 6) is 0. The van der Waals surface area contributed by atoms with Gasteiger partial charge in [0.1, 0.15) is 10.0 Å². The minimum absolute atomic E-state index is 0.0111. The van der Waals surface area contributed by atoms with Crippen molar-refractivity contribution in [2.75, 3.05) is 6.54 Å². The minimum atomic E-state index is -3.72. The van der Waals surface area contributed by atoms with Crippen molar-refractivity contribution in [3.63, 3.8) is 0 Å². The Morgan fingerprint density at radius 2 is 2.10 bits per heavy atom. The first-order valence-electron chi connectivity index (χ1n) is 5.90. The molecule has 0 radical (unpaired) electrons. The zero-order chi connectivity index (χ0) is 15.6. The summed E-state index contributed by atoms with van der Waals surface area (Å²) >= 11 is 16.4. The second kappa shape index (κ2) is 6.93. The van der Waals surface area contributed by atoms with E-state index in [-0.39, 0.29) is 16.6 Å². The molecule has 4 nitrogen and oxygen atoms in total. The summed E-state index contributed by atoms with van der Waals surface area (Å²) < 4.78 is 27.9. The van der Waals surface area contributed by atoms with Crippen molar-refractivity contribution in [2.45, 2.75) is 18.4 Å². The maximum atomic E-state index is 12.7. The monoisotopic (exact) mass is 428 g/mol. The number of hydrogen-bond donors (Lipinski definition) is 0. The van der Waals surface area contributed by atoms with E-state index in [2.05, 4.69) is 20.9 Å². The standard InChI is InChI=1S/C12H11BrCl2N2O2S2/c1-2-17(7-9-3-4-11(14)20-9)21(18,19)10-5-8(13)6-16-12(10)15/h3-6H,2,7H2,1H3. The van der Waals surface area contributed by atoms with Crippen molar-refractivity contribution in [1.82, 2.24) is 9.29 Å². The Morgan fingerprint density at radius 1 is 1.38 bits per heavy atom. The van der Waals surface area contributed by atoms with Gasteiger partial charge < -0.3 is 0 Å². The van der Waals surface area contributed by atoms with Gasteiger partial charge in [0, 0.05) is 28.6 Å². The third kappa shape index (κ3) is 3.97. The Labute approximate surface area is 145 Å². The quantitative estimate of drug-likeness (QED) is 0.660. The van der Waals surface area contributed by atoms with Gasteiger partial charge in [-0.15, -0.1) is 11.3 Å². The number of halogens is 3. The average molecular weight is 430 g/mol. The number of pyridine rings is 1. The smallest absolute Gasteiger partial charge is 0.242 e. The second-order valence-corrected chi connectivity index (χ2v) is 9.06. The summed E-state index contributed by atoms with van der Waals surface area (Å²) in [7, 11) is -3.72. The lowest BCUT2D eigenvalue weighted by molar-refractivity contribution is 0.426. The molecule has 0 spiro atoms. The maximum Gasteiger partial charge on any atom is 0.246 e. The summed E-state index contributed by atoms with van der Waals surface area (Å²) in [5, 5.41) is -0.0409. The first-order valence-corrected chi connectivity index (χ1v) is 9.70. The zero-order valence-corrected chi connectivity index (χ0v) is 15.6. The molecular formula is C12H11BrCl2N2O2S2. The summed E-state index contributed by atoms with van der Waals surface area (Å²) in [6, 6.07) is 5.01. The zero-order valence-electron chi connectivity index (χ0n) is 10.9. The van der Waals surface area contributed by atoms with E-state index < -0.39 is 10.0 Å². The molecule has 9 heteroatoms. The molecule has 2 aromatic heterocycles. The number of rotatable bonds is 5. The predicted octanol–water partition coefficient (Wildman–Crippen LogP) is 4.42. The molecule has 0 bridgehead atoms. The van der Waals surface area contributed by atoms with E-state index in [4.69, 9.17) is 23.2 Å². The summed E-state index contributed by atoms with van der Waals surface area (Å²) in [5.41, 5.74) is 0. The van der Waals surface area contributed by atoms with Crippen molar-refractivity contribution < 1.29 is 8.42 Å². The molecule has 0 N–H and O–H groups in total. The van der Waals surface area contributed by atoms with Crippen LogP contribution in [0.15, 0.2) is 33.8 Å². The molecule has 0 saturated heterocycles. The molecule has 0 atom stereocenters. The fourth-order valence-electron chi connectivity index (χ4n) is 1.70. The van der Waals surface area contributed by atoms with Gasteiger partial charge in [0.05, 0.1) is 4.34 Å². The van der Waals surface area contributed by atoms with Gasteiger partial charge >= 0.3 is 0 Å². The first kappa shape index (κ1) is 17.2. The number of aromatic nitrogens is 1. The molecule has 0 fully saturated rings. The Hall–Kier alpha value is -0.180. The van der Waals surface area contributed by atoms with Crippen molar-refractivity contribution in [2.24, 2.45) is 0 Å². The largest absolute Gasteiger partial charge is 0.246 e. The highest BCUT2D eigenvalue weighted by Gasteiger charge is 2.27. The summed E-state index contributed by atoms with van der Waals surface area (Å²) in [4.78, 5) is 4.72. The van der Waals surface area contributed by atoms with E-state index in [9.17, 15) is 8.42 Å². The Morgan fingerprint density at radius 3 is 2.67 bits per heavy atom. The van der Waals surface area contributed by atoms with Crippen LogP contribution in [-0.4, -0.2) is 24.3 Å². The van der Waals surface area contributed by atoms with E-state index in [1.165, 1.54) is 27.9 Å². The van der Waals surface area contributed by atoms with E-state index in [0.717, 1.165) is 4.88 Å². The van der Waals surface area contributed by atoms with Gasteiger partial charge in [0.2, 0.25) is 10.0 Å². The fourth-order valence-corrected chi connectivity index (χ4v) is 5.23. The maximum absolute atomic E-state index is 12.7. The third-order valence-corrected chi connectivity index (χ3v) is 6.70. The van der Waals surface area contributed by atoms with Gasteiger partial charge in [0.25, 0.3) is 0 Å². The Kier molecular flexibility index (Phi) is 5.67. The predicted molar refractivity (Wildman–Crippen MR) is 89.5 cm³/mol. The molecule has 0 amide bonds. The lowest BCUT2D eigenvalue weighted by Crippen LogP contribution is -2.30. The van der Waals surface area contributed by atoms with Crippen LogP contribution in [0.1, 0.15) is 11.8 Å². The highest BCUT2D eigenvalue weighted by atomic mass is 79.9. The highest BCUT2D eigenvalue weighted by molar-refractivity contribution is 9.10. The summed E-state index contributed by atoms with van der Waals surface area (Å²) in [6.45, 7) is 2.34. The van der Waals surface area contributed by atoms with Gasteiger partial charge in [-0.25, -0.2) is 13.4 Å². The fraction of sp³-hybridized carbons (Fsp3) is 0.250. The lowest BCUT2D eigenvalue weighted by atomic mass is 10.4. The van der Waals surface area contributed by atoms with Crippen LogP contribution in [0.4, 0.5) is 0 Å². The van der Waals surface area contributed by atoms with Gasteiger partial charge in [-0.05, 0) is 34.1 Å². The molecule has 114 valence electrons. The van der Waals surface area contributed by atoms with Crippen LogP contribution in [0.25, 0.3) is 0 Å². The second-order valence-electron chi connectivity index (χ2n) is 4.08. The summed E-state index contributed by atoms with van der Waals surface area (Å²) in [6.07, 6.45) is 1.46.